The van der Waals surface area contributed by atoms with Crippen molar-refractivity contribution in [2.45, 2.75) is 51.6 Å². The van der Waals surface area contributed by atoms with E-state index in [2.05, 4.69) is 15.5 Å². The second-order valence-electron chi connectivity index (χ2n) is 4.40. The number of nitrogens with zero attached hydrogens (tertiary/aromatic N) is 2. The van der Waals surface area contributed by atoms with Crippen LogP contribution in [-0.2, 0) is 17.8 Å². The molecule has 0 bridgehead atoms. The number of carbonyl (C=O) groups is 1. The van der Waals surface area contributed by atoms with Crippen LogP contribution in [0.5, 0.6) is 0 Å². The van der Waals surface area contributed by atoms with Crippen molar-refractivity contribution in [3.63, 3.8) is 0 Å². The fourth-order valence-corrected chi connectivity index (χ4v) is 2.02. The molecule has 2 N–H and O–H groups in total. The lowest BCUT2D eigenvalue weighted by Gasteiger charge is -2.05. The van der Waals surface area contributed by atoms with Crippen molar-refractivity contribution >= 4 is 18.1 Å². The van der Waals surface area contributed by atoms with Gasteiger partial charge in [0.2, 0.25) is 5.91 Å². The first-order chi connectivity index (χ1) is 8.20. The summed E-state index contributed by atoms with van der Waals surface area (Å²) in [4.78, 5) is 11.5. The Kier molecular flexibility index (Phi) is 3.93. The normalized spacial score (nSPS) is 14.9. The third kappa shape index (κ3) is 3.39. The molecule has 1 aromatic heterocycles. The van der Waals surface area contributed by atoms with E-state index in [1.165, 1.54) is 0 Å². The zero-order valence-corrected chi connectivity index (χ0v) is 10.8. The molecule has 1 aromatic rings. The van der Waals surface area contributed by atoms with Crippen molar-refractivity contribution in [1.29, 1.82) is 0 Å². The minimum Gasteiger partial charge on any atom is -0.353 e. The van der Waals surface area contributed by atoms with E-state index >= 15 is 0 Å². The highest BCUT2D eigenvalue weighted by Crippen LogP contribution is 2.18. The SMILES string of the molecule is CCc1n[nH]c(=S)n1CCCC(=O)NC1CC1. The summed E-state index contributed by atoms with van der Waals surface area (Å²) in [5.74, 6) is 1.11. The number of aryl methyl sites for hydroxylation is 1. The molecule has 0 aliphatic heterocycles. The standard InChI is InChI=1S/C11H18N4OS/c1-2-9-13-14-11(17)15(9)7-3-4-10(16)12-8-5-6-8/h8H,2-7H2,1H3,(H,12,16)(H,14,17). The molecule has 1 aliphatic rings. The Morgan fingerprint density at radius 2 is 2.41 bits per heavy atom. The van der Waals surface area contributed by atoms with E-state index in [-0.39, 0.29) is 5.91 Å². The molecular weight excluding hydrogens is 236 g/mol. The lowest BCUT2D eigenvalue weighted by Crippen LogP contribution is -2.25. The van der Waals surface area contributed by atoms with Crippen molar-refractivity contribution in [1.82, 2.24) is 20.1 Å². The number of hydrogen-bond acceptors (Lipinski definition) is 3. The maximum Gasteiger partial charge on any atom is 0.220 e. The average Bonchev–Trinajstić information content (AvgIpc) is 3.04. The van der Waals surface area contributed by atoms with Crippen LogP contribution in [0, 0.1) is 4.77 Å². The van der Waals surface area contributed by atoms with E-state index < -0.39 is 0 Å². The van der Waals surface area contributed by atoms with Gasteiger partial charge in [-0.15, -0.1) is 0 Å². The lowest BCUT2D eigenvalue weighted by molar-refractivity contribution is -0.121. The van der Waals surface area contributed by atoms with E-state index in [0.29, 0.717) is 17.2 Å². The van der Waals surface area contributed by atoms with Crippen molar-refractivity contribution in [3.05, 3.63) is 10.6 Å². The van der Waals surface area contributed by atoms with Gasteiger partial charge in [-0.3, -0.25) is 9.89 Å². The molecule has 5 nitrogen and oxygen atoms in total. The maximum absolute atomic E-state index is 11.5. The van der Waals surface area contributed by atoms with Crippen LogP contribution in [0.1, 0.15) is 38.4 Å². The van der Waals surface area contributed by atoms with Gasteiger partial charge in [0.15, 0.2) is 4.77 Å². The van der Waals surface area contributed by atoms with Crippen molar-refractivity contribution in [2.24, 2.45) is 0 Å². The Bertz CT molecular complexity index is 447. The highest BCUT2D eigenvalue weighted by atomic mass is 32.1. The van der Waals surface area contributed by atoms with Crippen LogP contribution in [-0.4, -0.2) is 26.7 Å². The van der Waals surface area contributed by atoms with Gasteiger partial charge in [-0.1, -0.05) is 6.92 Å². The molecule has 6 heteroatoms. The van der Waals surface area contributed by atoms with E-state index in [1.807, 2.05) is 11.5 Å². The number of hydrogen-bond donors (Lipinski definition) is 2. The largest absolute Gasteiger partial charge is 0.353 e. The van der Waals surface area contributed by atoms with Gasteiger partial charge < -0.3 is 9.88 Å². The van der Waals surface area contributed by atoms with E-state index in [0.717, 1.165) is 38.1 Å². The molecule has 94 valence electrons. The van der Waals surface area contributed by atoms with Crippen LogP contribution < -0.4 is 5.32 Å². The summed E-state index contributed by atoms with van der Waals surface area (Å²) in [7, 11) is 0. The van der Waals surface area contributed by atoms with Gasteiger partial charge in [-0.05, 0) is 31.5 Å². The fraction of sp³-hybridized carbons (Fsp3) is 0.727. The predicted octanol–water partition coefficient (Wildman–Crippen LogP) is 1.56. The summed E-state index contributed by atoms with van der Waals surface area (Å²) in [5.41, 5.74) is 0. The van der Waals surface area contributed by atoms with Crippen LogP contribution in [0.15, 0.2) is 0 Å². The molecule has 17 heavy (non-hydrogen) atoms. The van der Waals surface area contributed by atoms with Gasteiger partial charge in [0.05, 0.1) is 0 Å². The van der Waals surface area contributed by atoms with Crippen molar-refractivity contribution in [2.75, 3.05) is 0 Å². The predicted molar refractivity (Wildman–Crippen MR) is 67.2 cm³/mol. The second kappa shape index (κ2) is 5.44. The molecule has 1 amide bonds. The van der Waals surface area contributed by atoms with Crippen LogP contribution in [0.25, 0.3) is 0 Å². The summed E-state index contributed by atoms with van der Waals surface area (Å²) in [5, 5.41) is 9.90. The second-order valence-corrected chi connectivity index (χ2v) is 4.78. The third-order valence-corrected chi connectivity index (χ3v) is 3.19. The van der Waals surface area contributed by atoms with Gasteiger partial charge in [-0.25, -0.2) is 0 Å². The number of nitrogens with one attached hydrogen (secondary N) is 2. The molecule has 0 radical (unpaired) electrons. The first-order valence-corrected chi connectivity index (χ1v) is 6.55. The Balaban J connectivity index is 1.78. The Labute approximate surface area is 106 Å². The first kappa shape index (κ1) is 12.3. The van der Waals surface area contributed by atoms with Gasteiger partial charge in [0.25, 0.3) is 0 Å². The molecule has 1 heterocycles. The minimum atomic E-state index is 0.153. The molecule has 0 aromatic carbocycles. The summed E-state index contributed by atoms with van der Waals surface area (Å²) in [6.45, 7) is 2.80. The topological polar surface area (TPSA) is 62.7 Å². The van der Waals surface area contributed by atoms with Crippen molar-refractivity contribution < 1.29 is 4.79 Å². The molecule has 0 spiro atoms. The van der Waals surface area contributed by atoms with Gasteiger partial charge in [-0.2, -0.15) is 5.10 Å². The van der Waals surface area contributed by atoms with Crippen LogP contribution in [0.4, 0.5) is 0 Å². The number of aromatic amines is 1. The first-order valence-electron chi connectivity index (χ1n) is 6.14. The van der Waals surface area contributed by atoms with Crippen LogP contribution in [0.3, 0.4) is 0 Å². The monoisotopic (exact) mass is 254 g/mol. The lowest BCUT2D eigenvalue weighted by atomic mass is 10.3. The number of carbonyl (C=O) groups excluding carboxylic acids is 1. The maximum atomic E-state index is 11.5. The number of rotatable bonds is 6. The summed E-state index contributed by atoms with van der Waals surface area (Å²) < 4.78 is 2.61. The van der Waals surface area contributed by atoms with E-state index in [9.17, 15) is 4.79 Å². The summed E-state index contributed by atoms with van der Waals surface area (Å²) >= 11 is 5.14. The average molecular weight is 254 g/mol. The van der Waals surface area contributed by atoms with Gasteiger partial charge in [0.1, 0.15) is 5.82 Å². The number of aromatic nitrogens is 3. The van der Waals surface area contributed by atoms with Crippen molar-refractivity contribution in [3.8, 4) is 0 Å². The molecular formula is C11H18N4OS. The zero-order valence-electron chi connectivity index (χ0n) is 10.0. The molecule has 0 unspecified atom stereocenters. The number of amides is 1. The van der Waals surface area contributed by atoms with E-state index in [4.69, 9.17) is 12.2 Å². The molecule has 1 saturated carbocycles. The Morgan fingerprint density at radius 3 is 3.06 bits per heavy atom. The molecule has 1 aliphatic carbocycles. The minimum absolute atomic E-state index is 0.153. The fourth-order valence-electron chi connectivity index (χ4n) is 1.78. The molecule has 0 atom stereocenters. The Hall–Kier alpha value is -1.17. The van der Waals surface area contributed by atoms with Crippen LogP contribution >= 0.6 is 12.2 Å². The van der Waals surface area contributed by atoms with E-state index in [1.54, 1.807) is 0 Å². The third-order valence-electron chi connectivity index (χ3n) is 2.88. The summed E-state index contributed by atoms with van der Waals surface area (Å²) in [6.07, 6.45) is 4.49. The highest BCUT2D eigenvalue weighted by Gasteiger charge is 2.22. The van der Waals surface area contributed by atoms with Gasteiger partial charge >= 0.3 is 0 Å². The highest BCUT2D eigenvalue weighted by molar-refractivity contribution is 7.71. The molecule has 2 rings (SSSR count). The molecule has 0 saturated heterocycles. The molecule has 1 fully saturated rings. The van der Waals surface area contributed by atoms with Crippen LogP contribution in [0.2, 0.25) is 0 Å². The zero-order chi connectivity index (χ0) is 12.3. The smallest absolute Gasteiger partial charge is 0.220 e. The summed E-state index contributed by atoms with van der Waals surface area (Å²) in [6, 6.07) is 0.449. The Morgan fingerprint density at radius 1 is 1.65 bits per heavy atom. The van der Waals surface area contributed by atoms with Gasteiger partial charge in [0, 0.05) is 25.4 Å². The quantitative estimate of drug-likeness (QED) is 0.757. The number of H-pyrrole nitrogens is 1.